The number of hydrogen-bond donors (Lipinski definition) is 0. The summed E-state index contributed by atoms with van der Waals surface area (Å²) in [5.74, 6) is 0.667. The molecule has 2 aliphatic rings. The lowest BCUT2D eigenvalue weighted by molar-refractivity contribution is -0.131. The van der Waals surface area contributed by atoms with Crippen LogP contribution in [0.3, 0.4) is 0 Å². The summed E-state index contributed by atoms with van der Waals surface area (Å²) in [6, 6.07) is 4.89. The van der Waals surface area contributed by atoms with Gasteiger partial charge in [-0.05, 0) is 25.0 Å². The van der Waals surface area contributed by atoms with E-state index >= 15 is 0 Å². The average molecular weight is 303 g/mol. The monoisotopic (exact) mass is 303 g/mol. The molecule has 22 heavy (non-hydrogen) atoms. The Morgan fingerprint density at radius 1 is 1.45 bits per heavy atom. The van der Waals surface area contributed by atoms with E-state index in [2.05, 4.69) is 4.98 Å². The van der Waals surface area contributed by atoms with Crippen molar-refractivity contribution in [3.05, 3.63) is 24.0 Å². The molecule has 1 aromatic carbocycles. The lowest BCUT2D eigenvalue weighted by Gasteiger charge is -2.39. The smallest absolute Gasteiger partial charge is 0.298 e. The summed E-state index contributed by atoms with van der Waals surface area (Å²) < 4.78 is 18.8. The van der Waals surface area contributed by atoms with Gasteiger partial charge in [0.05, 0.1) is 0 Å². The van der Waals surface area contributed by atoms with Gasteiger partial charge in [-0.1, -0.05) is 0 Å². The largest absolute Gasteiger partial charge is 0.423 e. The Kier molecular flexibility index (Phi) is 3.06. The van der Waals surface area contributed by atoms with Gasteiger partial charge in [0, 0.05) is 44.6 Å². The molecule has 6 heteroatoms. The van der Waals surface area contributed by atoms with Crippen molar-refractivity contribution in [2.24, 2.45) is 11.8 Å². The molecule has 0 N–H and O–H groups in total. The van der Waals surface area contributed by atoms with E-state index in [0.29, 0.717) is 23.0 Å². The van der Waals surface area contributed by atoms with E-state index < -0.39 is 0 Å². The molecule has 4 rings (SSSR count). The van der Waals surface area contributed by atoms with Gasteiger partial charge in [-0.3, -0.25) is 4.79 Å². The summed E-state index contributed by atoms with van der Waals surface area (Å²) in [5, 5.41) is 0. The number of rotatable bonds is 4. The normalized spacial score (nSPS) is 18.5. The summed E-state index contributed by atoms with van der Waals surface area (Å²) in [6.07, 6.45) is 2.08. The molecule has 1 amide bonds. The highest BCUT2D eigenvalue weighted by Gasteiger charge is 2.36. The van der Waals surface area contributed by atoms with E-state index in [9.17, 15) is 9.18 Å². The van der Waals surface area contributed by atoms with Crippen LogP contribution >= 0.6 is 0 Å². The van der Waals surface area contributed by atoms with E-state index in [0.717, 1.165) is 32.5 Å². The van der Waals surface area contributed by atoms with Crippen molar-refractivity contribution in [3.63, 3.8) is 0 Å². The second-order valence-corrected chi connectivity index (χ2v) is 6.37. The van der Waals surface area contributed by atoms with Crippen LogP contribution in [0.5, 0.6) is 0 Å². The Balaban J connectivity index is 1.36. The summed E-state index contributed by atoms with van der Waals surface area (Å²) in [7, 11) is 1.88. The zero-order chi connectivity index (χ0) is 15.3. The first-order chi connectivity index (χ1) is 10.6. The molecule has 2 heterocycles. The average Bonchev–Trinajstić information content (AvgIpc) is 3.21. The molecule has 0 spiro atoms. The molecule has 0 unspecified atom stereocenters. The van der Waals surface area contributed by atoms with Gasteiger partial charge >= 0.3 is 0 Å². The Labute approximate surface area is 127 Å². The quantitative estimate of drug-likeness (QED) is 0.869. The first-order valence-corrected chi connectivity index (χ1v) is 7.66. The van der Waals surface area contributed by atoms with E-state index in [1.165, 1.54) is 12.1 Å². The van der Waals surface area contributed by atoms with Gasteiger partial charge in [-0.15, -0.1) is 0 Å². The zero-order valence-corrected chi connectivity index (χ0v) is 12.5. The van der Waals surface area contributed by atoms with Crippen molar-refractivity contribution in [3.8, 4) is 0 Å². The van der Waals surface area contributed by atoms with Crippen molar-refractivity contribution >= 4 is 23.0 Å². The molecule has 1 aromatic heterocycles. The number of fused-ring (bicyclic) bond motifs is 1. The molecule has 0 atom stereocenters. The van der Waals surface area contributed by atoms with E-state index in [-0.39, 0.29) is 17.6 Å². The Bertz CT molecular complexity index is 719. The van der Waals surface area contributed by atoms with Crippen molar-refractivity contribution in [2.75, 3.05) is 31.6 Å². The molecule has 1 aliphatic carbocycles. The maximum absolute atomic E-state index is 13.2. The van der Waals surface area contributed by atoms with Crippen molar-refractivity contribution < 1.29 is 13.6 Å². The predicted molar refractivity (Wildman–Crippen MR) is 80.0 cm³/mol. The SMILES string of the molecule is CN(CC1CN(c2nc3ccc(F)cc3o2)C1)C(=O)C1CC1. The summed E-state index contributed by atoms with van der Waals surface area (Å²) >= 11 is 0. The van der Waals surface area contributed by atoms with Crippen LogP contribution in [0.2, 0.25) is 0 Å². The number of oxazole rings is 1. The molecular formula is C16H18FN3O2. The molecular weight excluding hydrogens is 285 g/mol. The molecule has 5 nitrogen and oxygen atoms in total. The molecule has 1 saturated carbocycles. The minimum absolute atomic E-state index is 0.271. The van der Waals surface area contributed by atoms with Gasteiger partial charge in [-0.2, -0.15) is 4.98 Å². The van der Waals surface area contributed by atoms with Gasteiger partial charge in [0.15, 0.2) is 5.58 Å². The Morgan fingerprint density at radius 3 is 2.95 bits per heavy atom. The van der Waals surface area contributed by atoms with Crippen LogP contribution in [0.4, 0.5) is 10.4 Å². The standard InChI is InChI=1S/C16H18FN3O2/c1-19(15(21)11-2-3-11)7-10-8-20(9-10)16-18-13-5-4-12(17)6-14(13)22-16/h4-6,10-11H,2-3,7-9H2,1H3. The minimum Gasteiger partial charge on any atom is -0.423 e. The van der Waals surface area contributed by atoms with Crippen LogP contribution in [0, 0.1) is 17.7 Å². The number of hydrogen-bond acceptors (Lipinski definition) is 4. The summed E-state index contributed by atoms with van der Waals surface area (Å²) in [5.41, 5.74) is 1.14. The fraction of sp³-hybridized carbons (Fsp3) is 0.500. The second kappa shape index (κ2) is 4.97. The fourth-order valence-electron chi connectivity index (χ4n) is 2.98. The van der Waals surface area contributed by atoms with Gasteiger partial charge in [0.1, 0.15) is 11.3 Å². The molecule has 0 bridgehead atoms. The molecule has 116 valence electrons. The molecule has 2 aromatic rings. The van der Waals surface area contributed by atoms with Crippen LogP contribution in [0.25, 0.3) is 11.1 Å². The molecule has 2 fully saturated rings. The topological polar surface area (TPSA) is 49.6 Å². The number of anilines is 1. The van der Waals surface area contributed by atoms with E-state index in [1.807, 2.05) is 16.8 Å². The Morgan fingerprint density at radius 2 is 2.23 bits per heavy atom. The van der Waals surface area contributed by atoms with E-state index in [4.69, 9.17) is 4.42 Å². The van der Waals surface area contributed by atoms with Crippen molar-refractivity contribution in [1.29, 1.82) is 0 Å². The highest BCUT2D eigenvalue weighted by atomic mass is 19.1. The fourth-order valence-corrected chi connectivity index (χ4v) is 2.98. The van der Waals surface area contributed by atoms with Crippen LogP contribution in [-0.4, -0.2) is 42.5 Å². The second-order valence-electron chi connectivity index (χ2n) is 6.37. The number of nitrogens with zero attached hydrogens (tertiary/aromatic N) is 3. The highest BCUT2D eigenvalue weighted by molar-refractivity contribution is 5.80. The lowest BCUT2D eigenvalue weighted by atomic mass is 10.0. The summed E-state index contributed by atoms with van der Waals surface area (Å²) in [4.78, 5) is 20.2. The number of amides is 1. The number of aromatic nitrogens is 1. The first-order valence-electron chi connectivity index (χ1n) is 7.66. The third-order valence-electron chi connectivity index (χ3n) is 4.40. The highest BCUT2D eigenvalue weighted by Crippen LogP contribution is 2.32. The van der Waals surface area contributed by atoms with Gasteiger partial charge in [-0.25, -0.2) is 4.39 Å². The number of benzene rings is 1. The lowest BCUT2D eigenvalue weighted by Crippen LogP contribution is -2.52. The minimum atomic E-state index is -0.322. The third kappa shape index (κ3) is 2.42. The zero-order valence-electron chi connectivity index (χ0n) is 12.5. The summed E-state index contributed by atoms with van der Waals surface area (Å²) in [6.45, 7) is 2.41. The van der Waals surface area contributed by atoms with Crippen LogP contribution in [-0.2, 0) is 4.79 Å². The maximum Gasteiger partial charge on any atom is 0.298 e. The van der Waals surface area contributed by atoms with Crippen LogP contribution in [0.1, 0.15) is 12.8 Å². The first kappa shape index (κ1) is 13.5. The third-order valence-corrected chi connectivity index (χ3v) is 4.40. The number of carbonyl (C=O) groups is 1. The molecule has 1 saturated heterocycles. The Hall–Kier alpha value is -2.11. The number of halogens is 1. The van der Waals surface area contributed by atoms with E-state index in [1.54, 1.807) is 6.07 Å². The number of carbonyl (C=O) groups excluding carboxylic acids is 1. The van der Waals surface area contributed by atoms with Gasteiger partial charge < -0.3 is 14.2 Å². The molecule has 1 aliphatic heterocycles. The van der Waals surface area contributed by atoms with Gasteiger partial charge in [0.25, 0.3) is 6.01 Å². The maximum atomic E-state index is 13.2. The predicted octanol–water partition coefficient (Wildman–Crippen LogP) is 2.27. The van der Waals surface area contributed by atoms with Crippen LogP contribution < -0.4 is 4.90 Å². The molecule has 0 radical (unpaired) electrons. The van der Waals surface area contributed by atoms with Crippen molar-refractivity contribution in [1.82, 2.24) is 9.88 Å². The van der Waals surface area contributed by atoms with Crippen LogP contribution in [0.15, 0.2) is 22.6 Å². The van der Waals surface area contributed by atoms with Crippen molar-refractivity contribution in [2.45, 2.75) is 12.8 Å². The van der Waals surface area contributed by atoms with Gasteiger partial charge in [0.2, 0.25) is 5.91 Å².